The first-order chi connectivity index (χ1) is 7.29. The van der Waals surface area contributed by atoms with Crippen LogP contribution in [0.3, 0.4) is 0 Å². The van der Waals surface area contributed by atoms with Crippen LogP contribution in [0, 0.1) is 12.8 Å². The van der Waals surface area contributed by atoms with Crippen LogP contribution in [-0.2, 0) is 4.79 Å². The van der Waals surface area contributed by atoms with Crippen molar-refractivity contribution >= 4 is 12.0 Å². The van der Waals surface area contributed by atoms with E-state index in [9.17, 15) is 4.79 Å². The fraction of sp³-hybridized carbons (Fsp3) is 0.500. The molecule has 0 saturated carbocycles. The van der Waals surface area contributed by atoms with Gasteiger partial charge in [-0.05, 0) is 31.9 Å². The van der Waals surface area contributed by atoms with Crippen molar-refractivity contribution < 1.29 is 4.79 Å². The Morgan fingerprint density at radius 3 is 2.67 bits per heavy atom. The van der Waals surface area contributed by atoms with Gasteiger partial charge in [0.2, 0.25) is 0 Å². The van der Waals surface area contributed by atoms with Crippen molar-refractivity contribution in [2.75, 3.05) is 18.0 Å². The van der Waals surface area contributed by atoms with E-state index in [2.05, 4.69) is 16.0 Å². The largest absolute Gasteiger partial charge is 0.370 e. The summed E-state index contributed by atoms with van der Waals surface area (Å²) in [7, 11) is 0. The minimum absolute atomic E-state index is 0.264. The molecule has 1 aromatic heterocycles. The lowest BCUT2D eigenvalue weighted by molar-refractivity contribution is -0.111. The third-order valence-electron chi connectivity index (χ3n) is 2.99. The Morgan fingerprint density at radius 1 is 1.40 bits per heavy atom. The zero-order valence-corrected chi connectivity index (χ0v) is 9.02. The molecule has 0 spiro atoms. The van der Waals surface area contributed by atoms with Crippen molar-refractivity contribution in [3.8, 4) is 0 Å². The van der Waals surface area contributed by atoms with Crippen LogP contribution in [0.4, 0.5) is 5.69 Å². The summed E-state index contributed by atoms with van der Waals surface area (Å²) in [6.45, 7) is 3.92. The minimum Gasteiger partial charge on any atom is -0.370 e. The molecule has 15 heavy (non-hydrogen) atoms. The summed E-state index contributed by atoms with van der Waals surface area (Å²) in [6.07, 6.45) is 4.94. The summed E-state index contributed by atoms with van der Waals surface area (Å²) >= 11 is 0. The first kappa shape index (κ1) is 10.1. The number of anilines is 1. The Morgan fingerprint density at radius 2 is 2.13 bits per heavy atom. The second-order valence-electron chi connectivity index (χ2n) is 4.12. The van der Waals surface area contributed by atoms with Gasteiger partial charge in [-0.25, -0.2) is 0 Å². The summed E-state index contributed by atoms with van der Waals surface area (Å²) in [4.78, 5) is 17.2. The predicted molar refractivity (Wildman–Crippen MR) is 60.0 cm³/mol. The van der Waals surface area contributed by atoms with Crippen LogP contribution in [-0.4, -0.2) is 24.4 Å². The van der Waals surface area contributed by atoms with Gasteiger partial charge in [-0.2, -0.15) is 0 Å². The smallest absolute Gasteiger partial charge is 0.123 e. The van der Waals surface area contributed by atoms with E-state index in [1.807, 2.05) is 19.2 Å². The highest BCUT2D eigenvalue weighted by Gasteiger charge is 2.18. The molecule has 2 rings (SSSR count). The third kappa shape index (κ3) is 2.35. The highest BCUT2D eigenvalue weighted by atomic mass is 16.1. The second kappa shape index (κ2) is 4.43. The first-order valence-electron chi connectivity index (χ1n) is 5.42. The fourth-order valence-electron chi connectivity index (χ4n) is 1.94. The second-order valence-corrected chi connectivity index (χ2v) is 4.12. The molecule has 3 heteroatoms. The van der Waals surface area contributed by atoms with E-state index in [0.29, 0.717) is 0 Å². The van der Waals surface area contributed by atoms with E-state index in [-0.39, 0.29) is 5.92 Å². The van der Waals surface area contributed by atoms with E-state index < -0.39 is 0 Å². The maximum atomic E-state index is 10.6. The molecule has 80 valence electrons. The van der Waals surface area contributed by atoms with Crippen molar-refractivity contribution in [3.63, 3.8) is 0 Å². The Balaban J connectivity index is 2.01. The topological polar surface area (TPSA) is 33.2 Å². The quantitative estimate of drug-likeness (QED) is 0.689. The van der Waals surface area contributed by atoms with E-state index in [1.165, 1.54) is 5.69 Å². The average Bonchev–Trinajstić information content (AvgIpc) is 2.30. The van der Waals surface area contributed by atoms with Gasteiger partial charge in [0.1, 0.15) is 6.29 Å². The molecule has 0 aliphatic carbocycles. The standard InChI is InChI=1S/C12H16N2O/c1-10-2-3-12(8-13-10)14-6-4-11(9-15)5-7-14/h2-3,8-9,11H,4-7H2,1H3. The highest BCUT2D eigenvalue weighted by molar-refractivity contribution is 5.55. The summed E-state index contributed by atoms with van der Waals surface area (Å²) in [5.74, 6) is 0.264. The number of aldehydes is 1. The van der Waals surface area contributed by atoms with Gasteiger partial charge in [-0.15, -0.1) is 0 Å². The van der Waals surface area contributed by atoms with Crippen molar-refractivity contribution in [1.82, 2.24) is 4.98 Å². The summed E-state index contributed by atoms with van der Waals surface area (Å²) in [6, 6.07) is 4.13. The Kier molecular flexibility index (Phi) is 2.99. The highest BCUT2D eigenvalue weighted by Crippen LogP contribution is 2.21. The molecule has 1 saturated heterocycles. The average molecular weight is 204 g/mol. The molecule has 0 unspecified atom stereocenters. The first-order valence-corrected chi connectivity index (χ1v) is 5.42. The van der Waals surface area contributed by atoms with Gasteiger partial charge >= 0.3 is 0 Å². The lowest BCUT2D eigenvalue weighted by atomic mass is 9.98. The molecular weight excluding hydrogens is 188 g/mol. The van der Waals surface area contributed by atoms with E-state index in [0.717, 1.165) is 37.9 Å². The van der Waals surface area contributed by atoms with Gasteiger partial charge in [0.15, 0.2) is 0 Å². The van der Waals surface area contributed by atoms with Crippen LogP contribution < -0.4 is 4.90 Å². The van der Waals surface area contributed by atoms with Crippen LogP contribution in [0.1, 0.15) is 18.5 Å². The van der Waals surface area contributed by atoms with E-state index in [4.69, 9.17) is 0 Å². The zero-order valence-electron chi connectivity index (χ0n) is 9.02. The minimum atomic E-state index is 0.264. The molecular formula is C12H16N2O. The number of hydrogen-bond donors (Lipinski definition) is 0. The molecule has 1 aromatic rings. The number of carbonyl (C=O) groups is 1. The Labute approximate surface area is 90.1 Å². The normalized spacial score (nSPS) is 17.8. The van der Waals surface area contributed by atoms with Crippen molar-refractivity contribution in [2.45, 2.75) is 19.8 Å². The van der Waals surface area contributed by atoms with Crippen LogP contribution in [0.25, 0.3) is 0 Å². The third-order valence-corrected chi connectivity index (χ3v) is 2.99. The Hall–Kier alpha value is -1.38. The predicted octanol–water partition coefficient (Wildman–Crippen LogP) is 1.81. The molecule has 0 amide bonds. The van der Waals surface area contributed by atoms with E-state index in [1.54, 1.807) is 0 Å². The summed E-state index contributed by atoms with van der Waals surface area (Å²) in [5, 5.41) is 0. The number of nitrogens with zero attached hydrogens (tertiary/aromatic N) is 2. The zero-order chi connectivity index (χ0) is 10.7. The molecule has 0 atom stereocenters. The molecule has 0 aromatic carbocycles. The number of rotatable bonds is 2. The summed E-state index contributed by atoms with van der Waals surface area (Å²) in [5.41, 5.74) is 2.21. The molecule has 2 heterocycles. The van der Waals surface area contributed by atoms with Crippen molar-refractivity contribution in [2.24, 2.45) is 5.92 Å². The van der Waals surface area contributed by atoms with Gasteiger partial charge in [-0.1, -0.05) is 0 Å². The maximum Gasteiger partial charge on any atom is 0.123 e. The van der Waals surface area contributed by atoms with Gasteiger partial charge in [0, 0.05) is 24.7 Å². The van der Waals surface area contributed by atoms with Crippen LogP contribution in [0.5, 0.6) is 0 Å². The number of carbonyl (C=O) groups excluding carboxylic acids is 1. The fourth-order valence-corrected chi connectivity index (χ4v) is 1.94. The number of aryl methyl sites for hydroxylation is 1. The molecule has 3 nitrogen and oxygen atoms in total. The van der Waals surface area contributed by atoms with Crippen LogP contribution in [0.15, 0.2) is 18.3 Å². The van der Waals surface area contributed by atoms with Crippen LogP contribution in [0.2, 0.25) is 0 Å². The lowest BCUT2D eigenvalue weighted by Crippen LogP contribution is -2.34. The molecule has 1 fully saturated rings. The van der Waals surface area contributed by atoms with Crippen molar-refractivity contribution in [1.29, 1.82) is 0 Å². The molecule has 1 aliphatic rings. The van der Waals surface area contributed by atoms with Gasteiger partial charge in [0.25, 0.3) is 0 Å². The molecule has 1 aliphatic heterocycles. The van der Waals surface area contributed by atoms with E-state index >= 15 is 0 Å². The van der Waals surface area contributed by atoms with Gasteiger partial charge in [0.05, 0.1) is 11.9 Å². The molecule has 0 radical (unpaired) electrons. The number of aromatic nitrogens is 1. The lowest BCUT2D eigenvalue weighted by Gasteiger charge is -2.31. The molecule has 0 bridgehead atoms. The van der Waals surface area contributed by atoms with Crippen molar-refractivity contribution in [3.05, 3.63) is 24.0 Å². The number of piperidine rings is 1. The monoisotopic (exact) mass is 204 g/mol. The van der Waals surface area contributed by atoms with Gasteiger partial charge < -0.3 is 9.69 Å². The van der Waals surface area contributed by atoms with Gasteiger partial charge in [-0.3, -0.25) is 4.98 Å². The Bertz CT molecular complexity index is 326. The maximum absolute atomic E-state index is 10.6. The molecule has 0 N–H and O–H groups in total. The van der Waals surface area contributed by atoms with Crippen LogP contribution >= 0.6 is 0 Å². The SMILES string of the molecule is Cc1ccc(N2CCC(C=O)CC2)cn1. The summed E-state index contributed by atoms with van der Waals surface area (Å²) < 4.78 is 0. The number of hydrogen-bond acceptors (Lipinski definition) is 3. The number of pyridine rings is 1.